The van der Waals surface area contributed by atoms with Crippen molar-refractivity contribution in [1.82, 2.24) is 42.5 Å². The van der Waals surface area contributed by atoms with Gasteiger partial charge in [0.15, 0.2) is 23.8 Å². The molecule has 6 aliphatic rings. The highest BCUT2D eigenvalue weighted by Crippen LogP contribution is 2.39. The number of Topliss-reactive ketones (excluding diaryl/α,β-unsaturated/α-hetero) is 2. The molecule has 3 fully saturated rings. The van der Waals surface area contributed by atoms with Crippen molar-refractivity contribution in [3.63, 3.8) is 0 Å². The average Bonchev–Trinajstić information content (AvgIpc) is 1.63. The molecule has 672 valence electrons. The molecule has 0 aromatic carbocycles. The highest BCUT2D eigenvalue weighted by atomic mass is 16.6. The molecular weight excluding hydrogens is 1560 g/mol. The predicted octanol–water partition coefficient (Wildman–Crippen LogP) is 0.141. The van der Waals surface area contributed by atoms with E-state index in [1.54, 1.807) is 42.6 Å². The van der Waals surface area contributed by atoms with Gasteiger partial charge in [-0.25, -0.2) is 9.59 Å². The van der Waals surface area contributed by atoms with Crippen LogP contribution in [-0.2, 0) is 86.0 Å². The largest absolute Gasteiger partial charge is 0.479 e. The van der Waals surface area contributed by atoms with E-state index in [1.165, 1.54) is 47.6 Å². The number of unbranched alkanes of at least 4 members (excludes halogenated alkanes) is 1. The lowest BCUT2D eigenvalue weighted by molar-refractivity contribution is -0.175. The van der Waals surface area contributed by atoms with Crippen LogP contribution >= 0.6 is 0 Å². The van der Waals surface area contributed by atoms with E-state index < -0.39 is 212 Å². The quantitative estimate of drug-likeness (QED) is 0.0168. The monoisotopic (exact) mass is 1690 g/mol. The summed E-state index contributed by atoms with van der Waals surface area (Å²) in [5.74, 6) is -16.7. The van der Waals surface area contributed by atoms with E-state index in [0.29, 0.717) is 44.9 Å². The van der Waals surface area contributed by atoms with Crippen molar-refractivity contribution in [1.29, 1.82) is 0 Å². The van der Waals surface area contributed by atoms with Gasteiger partial charge in [0.1, 0.15) is 54.7 Å². The van der Waals surface area contributed by atoms with Crippen molar-refractivity contribution in [2.45, 2.75) is 281 Å². The molecule has 0 radical (unpaired) electrons. The van der Waals surface area contributed by atoms with Gasteiger partial charge in [0, 0.05) is 82.2 Å². The lowest BCUT2D eigenvalue weighted by Crippen LogP contribution is -2.62. The minimum absolute atomic E-state index is 0.00188. The molecular formula is C85H131N9O26. The van der Waals surface area contributed by atoms with Gasteiger partial charge in [-0.1, -0.05) is 141 Å². The highest BCUT2D eigenvalue weighted by molar-refractivity contribution is 6.06. The van der Waals surface area contributed by atoms with E-state index in [9.17, 15) is 98.4 Å². The number of aliphatic carboxylic acids is 1. The molecule has 18 N–H and O–H groups in total. The summed E-state index contributed by atoms with van der Waals surface area (Å²) in [7, 11) is 1.04. The number of hydrogen-bond acceptors (Lipinski definition) is 26. The number of carbonyl (C=O) groups is 12. The topological polar surface area (TPSA) is 544 Å². The molecule has 0 saturated carbocycles. The van der Waals surface area contributed by atoms with Gasteiger partial charge in [-0.2, -0.15) is 0 Å². The number of ketones is 2. The number of ether oxygens (including phenoxy) is 6. The molecule has 3 saturated heterocycles. The number of methoxy groups -OCH3 is 1. The first kappa shape index (κ1) is 102. The Bertz CT molecular complexity index is 3660. The Balaban J connectivity index is 1.19. The Morgan fingerprint density at radius 2 is 1.33 bits per heavy atom. The molecule has 0 aliphatic carbocycles. The number of esters is 1. The van der Waals surface area contributed by atoms with Crippen LogP contribution in [0.15, 0.2) is 96.7 Å². The highest BCUT2D eigenvalue weighted by Gasteiger charge is 2.47. The number of carboxylic acids is 1. The maximum absolute atomic E-state index is 14.2. The Morgan fingerprint density at radius 3 is 2.00 bits per heavy atom. The maximum Gasteiger partial charge on any atom is 0.336 e. The number of rotatable bonds is 39. The summed E-state index contributed by atoms with van der Waals surface area (Å²) in [5, 5.41) is 104. The van der Waals surface area contributed by atoms with Crippen molar-refractivity contribution < 1.29 is 127 Å². The standard InChI is InChI=1S/C85H131N9O26/c1-13-47(5)73(103)71(75(105)77(115-12)78(86)106)93-81(109)55(45(2)3)39-60(99)57(44-95)92-82(110)56(91-84(112)72(85(113)114)94-83(111)61(100)43-90-79(107)49(7)53(11)96)42-89-80(108)52(10)87-36-37-88-69(101)32-24-23-26-46(4)38-48(6)76-65-35-34-54(116-76)27-19-15-14-16-20-28-58(97)74(104)68-40-59(98)50(8)62(118-68)30-25-31-63-51(9)66-41-67(117-63)64(119-66)29-21-17-18-22-33-70(102)120-65/h15,17-22,25,28-29,31,33-35,38,45-47,49-59,61-68,71-72,74-77,87,95-98,100,104-105H,13-14,16,23-24,26-27,30,32,36-37,39-44H2,1-12H3,(H2,86,106)(H,88,101)(H,89,108)(H,90,107)(H,91,112)(H,92,110)(H,93,109)(H,94,111)(H,113,114). The third kappa shape index (κ3) is 32.4. The summed E-state index contributed by atoms with van der Waals surface area (Å²) >= 11 is 0. The molecule has 8 amide bonds. The van der Waals surface area contributed by atoms with Crippen LogP contribution in [0.2, 0.25) is 0 Å². The van der Waals surface area contributed by atoms with E-state index in [4.69, 9.17) is 34.2 Å². The number of fused-ring (bicyclic) bond motifs is 13. The summed E-state index contributed by atoms with van der Waals surface area (Å²) in [5.41, 5.74) is 6.23. The molecule has 0 aromatic rings. The Hall–Kier alpha value is -8.56. The fourth-order valence-electron chi connectivity index (χ4n) is 14.2. The van der Waals surface area contributed by atoms with E-state index >= 15 is 0 Å². The van der Waals surface area contributed by atoms with Crippen LogP contribution in [0.1, 0.15) is 153 Å². The second-order valence-corrected chi connectivity index (χ2v) is 32.2. The van der Waals surface area contributed by atoms with Crippen molar-refractivity contribution in [3.05, 3.63) is 96.7 Å². The van der Waals surface area contributed by atoms with Crippen molar-refractivity contribution in [2.75, 3.05) is 39.9 Å². The first-order valence-electron chi connectivity index (χ1n) is 41.6. The zero-order chi connectivity index (χ0) is 89.2. The van der Waals surface area contributed by atoms with Gasteiger partial charge in [-0.15, -0.1) is 0 Å². The summed E-state index contributed by atoms with van der Waals surface area (Å²) in [6, 6.07) is -9.29. The fraction of sp³-hybridized carbons (Fsp3) is 0.671. The van der Waals surface area contributed by atoms with Crippen LogP contribution in [0.3, 0.4) is 0 Å². The Morgan fingerprint density at radius 1 is 0.650 bits per heavy atom. The average molecular weight is 1700 g/mol. The normalized spacial score (nSPS) is 27.5. The zero-order valence-electron chi connectivity index (χ0n) is 70.9. The second kappa shape index (κ2) is 51.4. The van der Waals surface area contributed by atoms with Gasteiger partial charge in [-0.05, 0) is 89.2 Å². The molecule has 27 unspecified atom stereocenters. The lowest BCUT2D eigenvalue weighted by Gasteiger charge is -2.40. The van der Waals surface area contributed by atoms with Gasteiger partial charge >= 0.3 is 11.9 Å². The molecule has 27 atom stereocenters. The second-order valence-electron chi connectivity index (χ2n) is 32.2. The number of carboxylic acid groups (broad SMARTS) is 1. The van der Waals surface area contributed by atoms with E-state index in [0.717, 1.165) is 19.1 Å². The van der Waals surface area contributed by atoms with Crippen molar-refractivity contribution in [2.24, 2.45) is 47.2 Å². The van der Waals surface area contributed by atoms with Crippen LogP contribution in [0, 0.1) is 41.4 Å². The van der Waals surface area contributed by atoms with Crippen LogP contribution < -0.4 is 48.3 Å². The van der Waals surface area contributed by atoms with Gasteiger partial charge < -0.3 is 118 Å². The van der Waals surface area contributed by atoms with E-state index in [-0.39, 0.29) is 86.5 Å². The number of allylic oxidation sites excluding steroid dienone is 7. The van der Waals surface area contributed by atoms with Gasteiger partial charge in [0.2, 0.25) is 41.5 Å². The van der Waals surface area contributed by atoms with Crippen molar-refractivity contribution in [3.8, 4) is 0 Å². The van der Waals surface area contributed by atoms with Crippen LogP contribution in [-0.4, -0.2) is 279 Å². The number of aliphatic hydroxyl groups is 7. The van der Waals surface area contributed by atoms with Crippen LogP contribution in [0.4, 0.5) is 0 Å². The zero-order valence-corrected chi connectivity index (χ0v) is 70.9. The summed E-state index contributed by atoms with van der Waals surface area (Å²) in [6.45, 7) is 15.5. The Kier molecular flexibility index (Phi) is 43.7. The number of amides is 8. The minimum atomic E-state index is -2.56. The third-order valence-corrected chi connectivity index (χ3v) is 22.4. The summed E-state index contributed by atoms with van der Waals surface area (Å²) < 4.78 is 36.9. The van der Waals surface area contributed by atoms with Crippen molar-refractivity contribution >= 4 is 70.8 Å². The number of carbonyl (C=O) groups excluding carboxylic acids is 11. The third-order valence-electron chi connectivity index (χ3n) is 22.4. The van der Waals surface area contributed by atoms with Gasteiger partial charge in [0.05, 0.1) is 73.9 Å². The molecule has 0 spiro atoms. The number of nitrogens with two attached hydrogens (primary N) is 1. The van der Waals surface area contributed by atoms with E-state index in [1.807, 2.05) is 69.4 Å². The van der Waals surface area contributed by atoms with E-state index in [2.05, 4.69) is 50.2 Å². The fourth-order valence-corrected chi connectivity index (χ4v) is 14.2. The summed E-state index contributed by atoms with van der Waals surface area (Å²) in [4.78, 5) is 160. The molecule has 0 aromatic heterocycles. The first-order chi connectivity index (χ1) is 56.8. The first-order valence-corrected chi connectivity index (χ1v) is 41.6. The molecule has 120 heavy (non-hydrogen) atoms. The van der Waals surface area contributed by atoms with Gasteiger partial charge in [0.25, 0.3) is 11.8 Å². The van der Waals surface area contributed by atoms with Gasteiger partial charge in [-0.3, -0.25) is 47.9 Å². The van der Waals surface area contributed by atoms with Crippen LogP contribution in [0.5, 0.6) is 0 Å². The Labute approximate surface area is 702 Å². The maximum atomic E-state index is 14.2. The molecule has 6 aliphatic heterocycles. The summed E-state index contributed by atoms with van der Waals surface area (Å²) in [6.07, 6.45) is 18.0. The number of primary amides is 1. The molecule has 35 heteroatoms. The predicted molar refractivity (Wildman–Crippen MR) is 438 cm³/mol. The molecule has 35 nitrogen and oxygen atoms in total. The number of aliphatic hydroxyl groups excluding tert-OH is 7. The number of hydrogen-bond donors (Lipinski definition) is 17. The molecule has 6 heterocycles. The molecule has 6 rings (SSSR count). The smallest absolute Gasteiger partial charge is 0.336 e. The SMILES string of the molecule is CCC(C)C(=O)C(NC(=O)C(CC(=O)C(CO)NC(=O)C(CNC(=O)C(C)NCCNC(=O)CCCCC(C)C=C(C)C1OC2C=CC1OC(=O)C=CC=CC=CC1OC3CC1OC(C=CCC1OC(CC(O)C1C)C(O)C(O)C=CCCC=CC2)C3C)NC(=O)C(NC(=O)C(O)CNC(=O)C(C)C(C)O)C(=O)O)C(C)C)C(O)C(OC)C(N)=O. The van der Waals surface area contributed by atoms with Crippen LogP contribution in [0.25, 0.3) is 0 Å². The molecule has 7 bridgehead atoms. The minimum Gasteiger partial charge on any atom is -0.479 e. The number of nitrogens with one attached hydrogen (secondary N) is 8. The lowest BCUT2D eigenvalue weighted by atomic mass is 9.85.